The van der Waals surface area contributed by atoms with Crippen LogP contribution in [0.15, 0.2) is 34.3 Å². The maximum absolute atomic E-state index is 12.3. The number of benzene rings is 1. The molecule has 9 heteroatoms. The first-order valence-corrected chi connectivity index (χ1v) is 11.2. The number of aromatic nitrogens is 3. The lowest BCUT2D eigenvalue weighted by atomic mass is 9.89. The van der Waals surface area contributed by atoms with Crippen LogP contribution in [-0.2, 0) is 15.8 Å². The topological polar surface area (TPSA) is 94.1 Å². The fraction of sp³-hybridized carbons (Fsp3) is 0.529. The third-order valence-corrected chi connectivity index (χ3v) is 7.53. The first-order chi connectivity index (χ1) is 12.4. The zero-order valence-corrected chi connectivity index (χ0v) is 16.8. The largest absolute Gasteiger partial charge is 0.336 e. The van der Waals surface area contributed by atoms with Gasteiger partial charge in [0.05, 0.1) is 4.90 Å². The van der Waals surface area contributed by atoms with Crippen LogP contribution in [0.4, 0.5) is 0 Å². The van der Waals surface area contributed by atoms with Crippen LogP contribution in [-0.4, -0.2) is 41.7 Å². The van der Waals surface area contributed by atoms with Crippen molar-refractivity contribution in [2.24, 2.45) is 0 Å². The molecule has 2 aromatic rings. The molecule has 0 unspecified atom stereocenters. The Hall–Kier alpha value is -1.58. The standard InChI is InChI=1S/C17H25N5O2S2/c1-21(2)26(23,24)15-10-6-7-13(11-15)12-25-17-20-19-16(22(17)18)14-8-4-3-5-9-14/h6-7,10-11,14H,3-5,8-9,12,18H2,1-2H3. The highest BCUT2D eigenvalue weighted by Gasteiger charge is 2.23. The molecule has 0 amide bonds. The van der Waals surface area contributed by atoms with Gasteiger partial charge in [-0.1, -0.05) is 43.2 Å². The first kappa shape index (κ1) is 19.2. The average Bonchev–Trinajstić information content (AvgIpc) is 3.01. The molecule has 3 rings (SSSR count). The van der Waals surface area contributed by atoms with Crippen LogP contribution in [0.1, 0.15) is 49.4 Å². The molecular formula is C17H25N5O2S2. The van der Waals surface area contributed by atoms with E-state index in [0.717, 1.165) is 24.2 Å². The van der Waals surface area contributed by atoms with Crippen LogP contribution in [0.5, 0.6) is 0 Å². The van der Waals surface area contributed by atoms with Crippen LogP contribution in [0.25, 0.3) is 0 Å². The Morgan fingerprint density at radius 1 is 1.23 bits per heavy atom. The van der Waals surface area contributed by atoms with Gasteiger partial charge in [-0.3, -0.25) is 0 Å². The third-order valence-electron chi connectivity index (χ3n) is 4.71. The Morgan fingerprint density at radius 3 is 2.65 bits per heavy atom. The number of nitrogens with zero attached hydrogens (tertiary/aromatic N) is 4. The minimum Gasteiger partial charge on any atom is -0.336 e. The molecule has 26 heavy (non-hydrogen) atoms. The summed E-state index contributed by atoms with van der Waals surface area (Å²) < 4.78 is 27.3. The van der Waals surface area contributed by atoms with E-state index in [0.29, 0.717) is 16.8 Å². The van der Waals surface area contributed by atoms with Gasteiger partial charge in [0.1, 0.15) is 0 Å². The molecule has 0 atom stereocenters. The number of rotatable bonds is 6. The number of thioether (sulfide) groups is 1. The van der Waals surface area contributed by atoms with Crippen LogP contribution < -0.4 is 5.84 Å². The summed E-state index contributed by atoms with van der Waals surface area (Å²) >= 11 is 1.47. The SMILES string of the molecule is CN(C)S(=O)(=O)c1cccc(CSc2nnc(C3CCCCC3)n2N)c1. The Morgan fingerprint density at radius 2 is 1.96 bits per heavy atom. The Labute approximate surface area is 159 Å². The van der Waals surface area contributed by atoms with Crippen molar-refractivity contribution in [1.29, 1.82) is 0 Å². The minimum absolute atomic E-state index is 0.290. The minimum atomic E-state index is -3.43. The lowest BCUT2D eigenvalue weighted by Crippen LogP contribution is -2.22. The predicted octanol–water partition coefficient (Wildman–Crippen LogP) is 2.58. The quantitative estimate of drug-likeness (QED) is 0.597. The smallest absolute Gasteiger partial charge is 0.242 e. The van der Waals surface area contributed by atoms with Crippen molar-refractivity contribution in [3.05, 3.63) is 35.7 Å². The number of hydrogen-bond acceptors (Lipinski definition) is 6. The molecule has 0 saturated heterocycles. The van der Waals surface area contributed by atoms with Crippen molar-refractivity contribution in [2.75, 3.05) is 19.9 Å². The molecule has 0 aliphatic heterocycles. The normalized spacial score (nSPS) is 16.3. The number of nitrogen functional groups attached to an aromatic ring is 1. The summed E-state index contributed by atoms with van der Waals surface area (Å²) in [5, 5.41) is 9.18. The summed E-state index contributed by atoms with van der Waals surface area (Å²) in [6.07, 6.45) is 5.94. The summed E-state index contributed by atoms with van der Waals surface area (Å²) in [4.78, 5) is 0.290. The van der Waals surface area contributed by atoms with E-state index >= 15 is 0 Å². The zero-order valence-electron chi connectivity index (χ0n) is 15.1. The van der Waals surface area contributed by atoms with Gasteiger partial charge in [-0.25, -0.2) is 17.4 Å². The van der Waals surface area contributed by atoms with Crippen molar-refractivity contribution in [2.45, 2.75) is 53.8 Å². The fourth-order valence-corrected chi connectivity index (χ4v) is 4.96. The van der Waals surface area contributed by atoms with Crippen molar-refractivity contribution in [3.8, 4) is 0 Å². The highest BCUT2D eigenvalue weighted by atomic mass is 32.2. The molecule has 1 saturated carbocycles. The van der Waals surface area contributed by atoms with Crippen molar-refractivity contribution < 1.29 is 8.42 Å². The second kappa shape index (κ2) is 7.98. The van der Waals surface area contributed by atoms with Crippen LogP contribution >= 0.6 is 11.8 Å². The first-order valence-electron chi connectivity index (χ1n) is 8.74. The van der Waals surface area contributed by atoms with Gasteiger partial charge in [-0.2, -0.15) is 0 Å². The van der Waals surface area contributed by atoms with Gasteiger partial charge < -0.3 is 5.84 Å². The van der Waals surface area contributed by atoms with Crippen molar-refractivity contribution >= 4 is 21.8 Å². The van der Waals surface area contributed by atoms with E-state index in [-0.39, 0.29) is 4.90 Å². The average molecular weight is 396 g/mol. The van der Waals surface area contributed by atoms with E-state index in [4.69, 9.17) is 5.84 Å². The summed E-state index contributed by atoms with van der Waals surface area (Å²) in [5.41, 5.74) is 0.903. The van der Waals surface area contributed by atoms with E-state index in [1.807, 2.05) is 6.07 Å². The summed E-state index contributed by atoms with van der Waals surface area (Å²) in [7, 11) is -0.378. The maximum atomic E-state index is 12.3. The summed E-state index contributed by atoms with van der Waals surface area (Å²) in [6.45, 7) is 0. The van der Waals surface area contributed by atoms with Crippen molar-refractivity contribution in [1.82, 2.24) is 19.2 Å². The fourth-order valence-electron chi connectivity index (χ4n) is 3.18. The molecule has 2 N–H and O–H groups in total. The van der Waals surface area contributed by atoms with Crippen LogP contribution in [0.2, 0.25) is 0 Å². The summed E-state index contributed by atoms with van der Waals surface area (Å²) in [6, 6.07) is 6.96. The number of nitrogens with two attached hydrogens (primary N) is 1. The van der Waals surface area contributed by atoms with Gasteiger partial charge in [0.15, 0.2) is 5.82 Å². The second-order valence-corrected chi connectivity index (χ2v) is 9.86. The molecule has 7 nitrogen and oxygen atoms in total. The van der Waals surface area contributed by atoms with Gasteiger partial charge in [0.25, 0.3) is 0 Å². The molecule has 0 spiro atoms. The van der Waals surface area contributed by atoms with E-state index in [9.17, 15) is 8.42 Å². The Kier molecular flexibility index (Phi) is 5.89. The predicted molar refractivity (Wildman–Crippen MR) is 103 cm³/mol. The Bertz CT molecular complexity index is 858. The molecule has 0 bridgehead atoms. The molecule has 1 aliphatic rings. The van der Waals surface area contributed by atoms with Crippen LogP contribution in [0, 0.1) is 0 Å². The highest BCUT2D eigenvalue weighted by Crippen LogP contribution is 2.32. The van der Waals surface area contributed by atoms with Gasteiger partial charge in [-0.15, -0.1) is 10.2 Å². The molecule has 1 aromatic heterocycles. The second-order valence-electron chi connectivity index (χ2n) is 6.77. The molecule has 0 radical (unpaired) electrons. The molecule has 1 fully saturated rings. The summed E-state index contributed by atoms with van der Waals surface area (Å²) in [5.74, 6) is 8.04. The zero-order chi connectivity index (χ0) is 18.7. The van der Waals surface area contributed by atoms with Gasteiger partial charge in [0, 0.05) is 25.8 Å². The molecule has 142 valence electrons. The van der Waals surface area contributed by atoms with Gasteiger partial charge in [0.2, 0.25) is 15.2 Å². The van der Waals surface area contributed by atoms with Gasteiger partial charge in [-0.05, 0) is 30.5 Å². The van der Waals surface area contributed by atoms with Gasteiger partial charge >= 0.3 is 0 Å². The monoisotopic (exact) mass is 395 g/mol. The lowest BCUT2D eigenvalue weighted by molar-refractivity contribution is 0.421. The molecule has 1 aromatic carbocycles. The van der Waals surface area contributed by atoms with E-state index in [1.165, 1.54) is 49.4 Å². The van der Waals surface area contributed by atoms with E-state index < -0.39 is 10.0 Å². The molecular weight excluding hydrogens is 370 g/mol. The number of hydrogen-bond donors (Lipinski definition) is 1. The van der Waals surface area contributed by atoms with Crippen molar-refractivity contribution in [3.63, 3.8) is 0 Å². The highest BCUT2D eigenvalue weighted by molar-refractivity contribution is 7.98. The molecule has 1 heterocycles. The third kappa shape index (κ3) is 4.05. The maximum Gasteiger partial charge on any atom is 0.242 e. The lowest BCUT2D eigenvalue weighted by Gasteiger charge is -2.20. The number of sulfonamides is 1. The van der Waals surface area contributed by atoms with E-state index in [1.54, 1.807) is 22.9 Å². The molecule has 1 aliphatic carbocycles. The van der Waals surface area contributed by atoms with E-state index in [2.05, 4.69) is 10.2 Å². The Balaban J connectivity index is 1.71. The van der Waals surface area contributed by atoms with Crippen LogP contribution in [0.3, 0.4) is 0 Å².